The van der Waals surface area contributed by atoms with Gasteiger partial charge in [-0.15, -0.1) is 0 Å². The van der Waals surface area contributed by atoms with Gasteiger partial charge in [0.05, 0.1) is 0 Å². The molecule has 0 aliphatic carbocycles. The van der Waals surface area contributed by atoms with Crippen molar-refractivity contribution in [1.82, 2.24) is 19.9 Å². The Morgan fingerprint density at radius 1 is 0.217 bits per heavy atom. The Morgan fingerprint density at radius 2 is 0.533 bits per heavy atom. The predicted molar refractivity (Wildman–Crippen MR) is 247 cm³/mol. The Morgan fingerprint density at radius 3 is 1.00 bits per heavy atom. The zero-order valence-electron chi connectivity index (χ0n) is 32.7. The Balaban J connectivity index is 1.18. The summed E-state index contributed by atoms with van der Waals surface area (Å²) >= 11 is 0. The van der Waals surface area contributed by atoms with Crippen LogP contribution in [0.5, 0.6) is 0 Å². The van der Waals surface area contributed by atoms with Gasteiger partial charge in [-0.25, -0.2) is 15.0 Å². The molecule has 0 bridgehead atoms. The second-order valence-electron chi connectivity index (χ2n) is 14.7. The van der Waals surface area contributed by atoms with E-state index in [1.807, 2.05) is 30.6 Å². The molecule has 4 nitrogen and oxygen atoms in total. The van der Waals surface area contributed by atoms with E-state index in [0.29, 0.717) is 17.5 Å². The molecule has 0 atom stereocenters. The third-order valence-electron chi connectivity index (χ3n) is 10.9. The molecule has 8 aromatic carbocycles. The summed E-state index contributed by atoms with van der Waals surface area (Å²) in [5.74, 6) is 1.80. The first-order valence-electron chi connectivity index (χ1n) is 20.1. The van der Waals surface area contributed by atoms with E-state index in [-0.39, 0.29) is 0 Å². The lowest BCUT2D eigenvalue weighted by Crippen LogP contribution is -2.01. The zero-order valence-corrected chi connectivity index (χ0v) is 32.7. The molecule has 0 saturated heterocycles. The average molecular weight is 767 g/mol. The Labute approximate surface area is 350 Å². The molecule has 2 heterocycles. The fourth-order valence-electron chi connectivity index (χ4n) is 7.81. The average Bonchev–Trinajstić information content (AvgIpc) is 3.35. The Hall–Kier alpha value is -8.08. The minimum absolute atomic E-state index is 0.588. The maximum atomic E-state index is 5.26. The van der Waals surface area contributed by atoms with Crippen molar-refractivity contribution in [2.75, 3.05) is 0 Å². The molecule has 0 fully saturated rings. The van der Waals surface area contributed by atoms with Gasteiger partial charge in [0.2, 0.25) is 0 Å². The van der Waals surface area contributed by atoms with Crippen molar-refractivity contribution in [3.63, 3.8) is 0 Å². The summed E-state index contributed by atoms with van der Waals surface area (Å²) in [5.41, 5.74) is 16.0. The van der Waals surface area contributed by atoms with Crippen molar-refractivity contribution in [2.45, 2.75) is 0 Å². The summed E-state index contributed by atoms with van der Waals surface area (Å²) < 4.78 is 0. The molecule has 0 unspecified atom stereocenters. The van der Waals surface area contributed by atoms with Crippen molar-refractivity contribution in [3.05, 3.63) is 231 Å². The van der Waals surface area contributed by atoms with E-state index in [0.717, 1.165) is 83.5 Å². The molecular weight excluding hydrogens is 729 g/mol. The molecule has 0 spiro atoms. The van der Waals surface area contributed by atoms with Crippen LogP contribution in [0.1, 0.15) is 0 Å². The van der Waals surface area contributed by atoms with Crippen LogP contribution in [-0.4, -0.2) is 19.9 Å². The maximum absolute atomic E-state index is 5.26. The smallest absolute Gasteiger partial charge is 0.164 e. The molecule has 2 aromatic heterocycles. The van der Waals surface area contributed by atoms with Gasteiger partial charge < -0.3 is 0 Å². The second kappa shape index (κ2) is 16.4. The molecular formula is C56H38N4. The molecule has 0 saturated carbocycles. The highest BCUT2D eigenvalue weighted by atomic mass is 15.0. The summed E-state index contributed by atoms with van der Waals surface area (Å²) in [6.45, 7) is 0. The zero-order chi connectivity index (χ0) is 40.1. The van der Waals surface area contributed by atoms with Crippen LogP contribution in [0.4, 0.5) is 0 Å². The Bertz CT molecular complexity index is 2840. The van der Waals surface area contributed by atoms with E-state index in [1.165, 1.54) is 0 Å². The van der Waals surface area contributed by atoms with Crippen molar-refractivity contribution in [2.24, 2.45) is 0 Å². The molecule has 60 heavy (non-hydrogen) atoms. The van der Waals surface area contributed by atoms with Crippen molar-refractivity contribution >= 4 is 0 Å². The Kier molecular flexibility index (Phi) is 9.92. The van der Waals surface area contributed by atoms with Gasteiger partial charge in [0.15, 0.2) is 17.5 Å². The van der Waals surface area contributed by atoms with Gasteiger partial charge in [0.1, 0.15) is 0 Å². The lowest BCUT2D eigenvalue weighted by molar-refractivity contribution is 1.07. The minimum atomic E-state index is 0.588. The van der Waals surface area contributed by atoms with Crippen LogP contribution in [0, 0.1) is 0 Å². The SMILES string of the molecule is c1ccc(-c2ccc(-c3nc(-c4ccc(-c5ccccc5)cc4)nc(-c4cc(-c5ccccc5-c5ccccc5)cc(-c5ccncc5-c5ccccc5)c4)n3)cc2)cc1. The maximum Gasteiger partial charge on any atom is 0.164 e. The topological polar surface area (TPSA) is 51.6 Å². The van der Waals surface area contributed by atoms with E-state index in [1.54, 1.807) is 0 Å². The van der Waals surface area contributed by atoms with Gasteiger partial charge in [-0.1, -0.05) is 194 Å². The van der Waals surface area contributed by atoms with Crippen LogP contribution in [0.3, 0.4) is 0 Å². The van der Waals surface area contributed by atoms with Crippen LogP contribution in [0.2, 0.25) is 0 Å². The molecule has 0 aliphatic heterocycles. The molecule has 10 rings (SSSR count). The van der Waals surface area contributed by atoms with Crippen molar-refractivity contribution < 1.29 is 0 Å². The lowest BCUT2D eigenvalue weighted by atomic mass is 9.89. The van der Waals surface area contributed by atoms with Crippen LogP contribution >= 0.6 is 0 Å². The summed E-state index contributed by atoms with van der Waals surface area (Å²) in [5, 5.41) is 0. The first-order chi connectivity index (χ1) is 29.7. The fraction of sp³-hybridized carbons (Fsp3) is 0. The van der Waals surface area contributed by atoms with Crippen molar-refractivity contribution in [3.8, 4) is 101 Å². The highest BCUT2D eigenvalue weighted by molar-refractivity contribution is 5.91. The third kappa shape index (κ3) is 7.53. The summed E-state index contributed by atoms with van der Waals surface area (Å²) in [6.07, 6.45) is 3.82. The monoisotopic (exact) mass is 766 g/mol. The molecule has 0 radical (unpaired) electrons. The van der Waals surface area contributed by atoms with E-state index < -0.39 is 0 Å². The fourth-order valence-corrected chi connectivity index (χ4v) is 7.81. The molecule has 0 amide bonds. The summed E-state index contributed by atoms with van der Waals surface area (Å²) in [6, 6.07) is 76.2. The number of rotatable bonds is 9. The quantitative estimate of drug-likeness (QED) is 0.147. The molecule has 0 N–H and O–H groups in total. The first-order valence-corrected chi connectivity index (χ1v) is 20.1. The number of pyridine rings is 1. The van der Waals surface area contributed by atoms with Gasteiger partial charge in [0.25, 0.3) is 0 Å². The molecule has 10 aromatic rings. The summed E-state index contributed by atoms with van der Waals surface area (Å²) in [7, 11) is 0. The van der Waals surface area contributed by atoms with Gasteiger partial charge in [-0.05, 0) is 85.5 Å². The highest BCUT2D eigenvalue weighted by Crippen LogP contribution is 2.40. The third-order valence-corrected chi connectivity index (χ3v) is 10.9. The first kappa shape index (κ1) is 36.3. The van der Waals surface area contributed by atoms with E-state index >= 15 is 0 Å². The molecule has 282 valence electrons. The van der Waals surface area contributed by atoms with Crippen LogP contribution < -0.4 is 0 Å². The van der Waals surface area contributed by atoms with Gasteiger partial charge in [-0.3, -0.25) is 4.98 Å². The number of benzene rings is 8. The van der Waals surface area contributed by atoms with E-state index in [4.69, 9.17) is 15.0 Å². The van der Waals surface area contributed by atoms with Crippen LogP contribution in [-0.2, 0) is 0 Å². The van der Waals surface area contributed by atoms with E-state index in [2.05, 4.69) is 205 Å². The van der Waals surface area contributed by atoms with Gasteiger partial charge in [-0.2, -0.15) is 0 Å². The number of hydrogen-bond acceptors (Lipinski definition) is 4. The van der Waals surface area contributed by atoms with Gasteiger partial charge >= 0.3 is 0 Å². The highest BCUT2D eigenvalue weighted by Gasteiger charge is 2.18. The van der Waals surface area contributed by atoms with E-state index in [9.17, 15) is 0 Å². The number of aromatic nitrogens is 4. The minimum Gasteiger partial charge on any atom is -0.264 e. The lowest BCUT2D eigenvalue weighted by Gasteiger charge is -2.16. The van der Waals surface area contributed by atoms with Crippen LogP contribution in [0.15, 0.2) is 231 Å². The predicted octanol–water partition coefficient (Wildman–Crippen LogP) is 14.3. The second-order valence-corrected chi connectivity index (χ2v) is 14.7. The van der Waals surface area contributed by atoms with Gasteiger partial charge in [0, 0.05) is 34.6 Å². The standard InChI is InChI=1S/C56H38N4/c1-5-15-39(16-6-1)41-25-29-45(30-26-41)54-58-55(46-31-27-42(28-32-46)40-17-7-2-8-18-40)60-56(59-54)49-36-47(51-24-14-13-23-50(51)43-19-9-3-10-20-43)35-48(37-49)52-33-34-57-38-53(52)44-21-11-4-12-22-44/h1-38H. The normalized spacial score (nSPS) is 11.0. The number of nitrogens with zero attached hydrogens (tertiary/aromatic N) is 4. The molecule has 0 aliphatic rings. The number of hydrogen-bond donors (Lipinski definition) is 0. The largest absolute Gasteiger partial charge is 0.264 e. The van der Waals surface area contributed by atoms with Crippen LogP contribution in [0.25, 0.3) is 101 Å². The van der Waals surface area contributed by atoms with Crippen molar-refractivity contribution in [1.29, 1.82) is 0 Å². The molecule has 4 heteroatoms. The summed E-state index contributed by atoms with van der Waals surface area (Å²) in [4.78, 5) is 20.2.